The first-order valence-electron chi connectivity index (χ1n) is 6.51. The van der Waals surface area contributed by atoms with Gasteiger partial charge < -0.3 is 9.64 Å². The van der Waals surface area contributed by atoms with E-state index in [4.69, 9.17) is 4.74 Å². The molecule has 0 aromatic heterocycles. The fraction of sp³-hybridized carbons (Fsp3) is 0.462. The normalized spacial score (nSPS) is 25.8. The summed E-state index contributed by atoms with van der Waals surface area (Å²) in [5.41, 5.74) is 0.705. The van der Waals surface area contributed by atoms with Crippen molar-refractivity contribution in [2.24, 2.45) is 0 Å². The standard InChI is InChI=1S/C13H15N3O4/c1-9-12-8-20-7-6-14(12)13(17)15(9)10-2-4-11(5-3-10)16(18)19/h2-5,9,12H,6-8H2,1H3/t9-,12-/m0/s1. The second kappa shape index (κ2) is 4.75. The highest BCUT2D eigenvalue weighted by Gasteiger charge is 2.45. The number of nitro groups is 1. The van der Waals surface area contributed by atoms with Crippen LogP contribution in [0.4, 0.5) is 16.2 Å². The lowest BCUT2D eigenvalue weighted by Gasteiger charge is -2.29. The molecule has 1 aromatic rings. The van der Waals surface area contributed by atoms with Gasteiger partial charge in [0.1, 0.15) is 0 Å². The summed E-state index contributed by atoms with van der Waals surface area (Å²) >= 11 is 0. The van der Waals surface area contributed by atoms with E-state index in [0.29, 0.717) is 25.4 Å². The molecule has 0 bridgehead atoms. The number of fused-ring (bicyclic) bond motifs is 1. The Balaban J connectivity index is 1.89. The summed E-state index contributed by atoms with van der Waals surface area (Å²) in [5, 5.41) is 10.7. The van der Waals surface area contributed by atoms with Crippen molar-refractivity contribution in [3.63, 3.8) is 0 Å². The molecule has 0 saturated carbocycles. The Labute approximate surface area is 115 Å². The lowest BCUT2D eigenvalue weighted by Crippen LogP contribution is -2.45. The Bertz CT molecular complexity index is 545. The number of nitrogens with zero attached hydrogens (tertiary/aromatic N) is 3. The number of ether oxygens (including phenoxy) is 1. The molecule has 2 aliphatic rings. The molecule has 2 heterocycles. The van der Waals surface area contributed by atoms with E-state index in [-0.39, 0.29) is 23.8 Å². The van der Waals surface area contributed by atoms with E-state index in [0.717, 1.165) is 0 Å². The Kier molecular flexibility index (Phi) is 3.06. The molecule has 3 rings (SSSR count). The summed E-state index contributed by atoms with van der Waals surface area (Å²) in [6, 6.07) is 6.06. The van der Waals surface area contributed by atoms with Crippen molar-refractivity contribution in [2.75, 3.05) is 24.7 Å². The summed E-state index contributed by atoms with van der Waals surface area (Å²) in [6.45, 7) is 3.66. The van der Waals surface area contributed by atoms with Crippen molar-refractivity contribution in [1.82, 2.24) is 4.90 Å². The van der Waals surface area contributed by atoms with E-state index in [1.807, 2.05) is 11.8 Å². The van der Waals surface area contributed by atoms with Gasteiger partial charge in [-0.2, -0.15) is 0 Å². The Hall–Kier alpha value is -2.15. The zero-order valence-corrected chi connectivity index (χ0v) is 11.1. The number of amides is 2. The maximum atomic E-state index is 12.4. The molecule has 7 nitrogen and oxygen atoms in total. The van der Waals surface area contributed by atoms with Crippen LogP contribution in [-0.2, 0) is 4.74 Å². The Morgan fingerprint density at radius 1 is 1.35 bits per heavy atom. The van der Waals surface area contributed by atoms with E-state index < -0.39 is 4.92 Å². The van der Waals surface area contributed by atoms with Crippen molar-refractivity contribution in [1.29, 1.82) is 0 Å². The molecular formula is C13H15N3O4. The van der Waals surface area contributed by atoms with Gasteiger partial charge in [-0.1, -0.05) is 0 Å². The number of hydrogen-bond donors (Lipinski definition) is 0. The van der Waals surface area contributed by atoms with Crippen molar-refractivity contribution in [3.8, 4) is 0 Å². The van der Waals surface area contributed by atoms with E-state index in [2.05, 4.69) is 0 Å². The molecule has 2 saturated heterocycles. The van der Waals surface area contributed by atoms with Crippen LogP contribution in [-0.4, -0.2) is 47.7 Å². The molecule has 0 spiro atoms. The van der Waals surface area contributed by atoms with Gasteiger partial charge in [0, 0.05) is 24.4 Å². The molecule has 1 aromatic carbocycles. The second-order valence-corrected chi connectivity index (χ2v) is 5.00. The average Bonchev–Trinajstić information content (AvgIpc) is 2.72. The van der Waals surface area contributed by atoms with Crippen LogP contribution in [0, 0.1) is 10.1 Å². The van der Waals surface area contributed by atoms with Crippen LogP contribution < -0.4 is 4.90 Å². The summed E-state index contributed by atoms with van der Waals surface area (Å²) < 4.78 is 5.43. The van der Waals surface area contributed by atoms with Gasteiger partial charge in [0.05, 0.1) is 30.2 Å². The maximum absolute atomic E-state index is 12.4. The molecule has 2 aliphatic heterocycles. The van der Waals surface area contributed by atoms with Crippen LogP contribution >= 0.6 is 0 Å². The topological polar surface area (TPSA) is 75.9 Å². The number of hydrogen-bond acceptors (Lipinski definition) is 4. The minimum Gasteiger partial charge on any atom is -0.377 e. The van der Waals surface area contributed by atoms with Crippen LogP contribution in [0.3, 0.4) is 0 Å². The molecule has 0 N–H and O–H groups in total. The summed E-state index contributed by atoms with van der Waals surface area (Å²) in [6.07, 6.45) is 0. The van der Waals surface area contributed by atoms with Gasteiger partial charge in [-0.05, 0) is 19.1 Å². The third-order valence-corrected chi connectivity index (χ3v) is 3.92. The number of non-ortho nitro benzene ring substituents is 1. The van der Waals surface area contributed by atoms with Gasteiger partial charge in [-0.3, -0.25) is 15.0 Å². The van der Waals surface area contributed by atoms with Crippen LogP contribution in [0.25, 0.3) is 0 Å². The number of rotatable bonds is 2. The van der Waals surface area contributed by atoms with Gasteiger partial charge in [0.25, 0.3) is 5.69 Å². The lowest BCUT2D eigenvalue weighted by molar-refractivity contribution is -0.384. The summed E-state index contributed by atoms with van der Waals surface area (Å²) in [4.78, 5) is 26.1. The molecule has 0 radical (unpaired) electrons. The minimum atomic E-state index is -0.448. The van der Waals surface area contributed by atoms with Crippen LogP contribution in [0.1, 0.15) is 6.92 Å². The third-order valence-electron chi connectivity index (χ3n) is 3.92. The molecule has 106 valence electrons. The number of carbonyl (C=O) groups excluding carboxylic acids is 1. The molecule has 7 heteroatoms. The highest BCUT2D eigenvalue weighted by molar-refractivity contribution is 5.95. The minimum absolute atomic E-state index is 0.00995. The number of carbonyl (C=O) groups is 1. The molecule has 2 amide bonds. The van der Waals surface area contributed by atoms with Crippen LogP contribution in [0.15, 0.2) is 24.3 Å². The van der Waals surface area contributed by atoms with Gasteiger partial charge in [-0.15, -0.1) is 0 Å². The van der Waals surface area contributed by atoms with E-state index in [9.17, 15) is 14.9 Å². The Morgan fingerprint density at radius 3 is 2.65 bits per heavy atom. The van der Waals surface area contributed by atoms with E-state index in [1.54, 1.807) is 17.0 Å². The average molecular weight is 277 g/mol. The highest BCUT2D eigenvalue weighted by Crippen LogP contribution is 2.31. The fourth-order valence-electron chi connectivity index (χ4n) is 2.83. The van der Waals surface area contributed by atoms with E-state index >= 15 is 0 Å². The molecule has 20 heavy (non-hydrogen) atoms. The number of nitro benzene ring substituents is 1. The van der Waals surface area contributed by atoms with Crippen molar-refractivity contribution < 1.29 is 14.5 Å². The van der Waals surface area contributed by atoms with Gasteiger partial charge >= 0.3 is 6.03 Å². The predicted molar refractivity (Wildman–Crippen MR) is 71.7 cm³/mol. The first-order valence-corrected chi connectivity index (χ1v) is 6.51. The number of urea groups is 1. The monoisotopic (exact) mass is 277 g/mol. The smallest absolute Gasteiger partial charge is 0.325 e. The Morgan fingerprint density at radius 2 is 2.05 bits per heavy atom. The summed E-state index contributed by atoms with van der Waals surface area (Å²) in [7, 11) is 0. The first kappa shape index (κ1) is 12.9. The summed E-state index contributed by atoms with van der Waals surface area (Å²) in [5.74, 6) is 0. The maximum Gasteiger partial charge on any atom is 0.325 e. The SMILES string of the molecule is C[C@H]1[C@@H]2COCCN2C(=O)N1c1ccc([N+](=O)[O-])cc1. The van der Waals surface area contributed by atoms with E-state index in [1.165, 1.54) is 12.1 Å². The number of morpholine rings is 1. The van der Waals surface area contributed by atoms with Gasteiger partial charge in [-0.25, -0.2) is 4.79 Å². The van der Waals surface area contributed by atoms with Crippen molar-refractivity contribution in [3.05, 3.63) is 34.4 Å². The zero-order chi connectivity index (χ0) is 14.3. The lowest BCUT2D eigenvalue weighted by atomic mass is 10.1. The molecule has 2 atom stereocenters. The second-order valence-electron chi connectivity index (χ2n) is 5.00. The molecular weight excluding hydrogens is 262 g/mol. The van der Waals surface area contributed by atoms with Gasteiger partial charge in [0.15, 0.2) is 0 Å². The van der Waals surface area contributed by atoms with Gasteiger partial charge in [0.2, 0.25) is 0 Å². The highest BCUT2D eigenvalue weighted by atomic mass is 16.6. The zero-order valence-electron chi connectivity index (χ0n) is 11.1. The number of benzene rings is 1. The number of anilines is 1. The van der Waals surface area contributed by atoms with Crippen LogP contribution in [0.5, 0.6) is 0 Å². The molecule has 0 unspecified atom stereocenters. The van der Waals surface area contributed by atoms with Crippen molar-refractivity contribution >= 4 is 17.4 Å². The van der Waals surface area contributed by atoms with Crippen molar-refractivity contribution in [2.45, 2.75) is 19.0 Å². The fourth-order valence-corrected chi connectivity index (χ4v) is 2.83. The molecule has 0 aliphatic carbocycles. The predicted octanol–water partition coefficient (Wildman–Crippen LogP) is 1.62. The first-order chi connectivity index (χ1) is 9.59. The quantitative estimate of drug-likeness (QED) is 0.608. The van der Waals surface area contributed by atoms with Crippen LogP contribution in [0.2, 0.25) is 0 Å². The largest absolute Gasteiger partial charge is 0.377 e. The third kappa shape index (κ3) is 1.90. The molecule has 2 fully saturated rings.